The highest BCUT2D eigenvalue weighted by Crippen LogP contribution is 2.39. The van der Waals surface area contributed by atoms with Crippen molar-refractivity contribution in [3.8, 4) is 0 Å². The maximum Gasteiger partial charge on any atom is 0.161 e. The topological polar surface area (TPSA) is 50.9 Å². The Morgan fingerprint density at radius 2 is 2.00 bits per heavy atom. The van der Waals surface area contributed by atoms with Crippen LogP contribution >= 0.6 is 23.2 Å². The van der Waals surface area contributed by atoms with Crippen LogP contribution in [0, 0.1) is 12.7 Å². The number of aryl methyl sites for hydroxylation is 1. The van der Waals surface area contributed by atoms with Gasteiger partial charge in [0, 0.05) is 16.6 Å². The van der Waals surface area contributed by atoms with Gasteiger partial charge in [-0.3, -0.25) is 10.8 Å². The fourth-order valence-electron chi connectivity index (χ4n) is 2.32. The maximum absolute atomic E-state index is 13.9. The lowest BCUT2D eigenvalue weighted by Gasteiger charge is -2.18. The van der Waals surface area contributed by atoms with E-state index in [0.717, 1.165) is 11.3 Å². The lowest BCUT2D eigenvalue weighted by Crippen LogP contribution is -2.13. The van der Waals surface area contributed by atoms with Gasteiger partial charge in [-0.1, -0.05) is 37.0 Å². The quantitative estimate of drug-likeness (QED) is 0.491. The fourth-order valence-corrected chi connectivity index (χ4v) is 2.86. The molecular weight excluding hydrogens is 288 g/mol. The van der Waals surface area contributed by atoms with Crippen LogP contribution in [0.4, 0.5) is 10.1 Å². The summed E-state index contributed by atoms with van der Waals surface area (Å²) in [5.74, 6) is 5.11. The Hall–Kier alpha value is -1.10. The van der Waals surface area contributed by atoms with E-state index in [1.165, 1.54) is 6.07 Å². The molecule has 0 aliphatic carbocycles. The molecule has 3 nitrogen and oxygen atoms in total. The zero-order valence-electron chi connectivity index (χ0n) is 10.8. The molecule has 102 valence electrons. The average Bonchev–Trinajstić information content (AvgIpc) is 2.33. The Kier molecular flexibility index (Phi) is 3.85. The Bertz CT molecular complexity index is 656. The number of rotatable bonds is 2. The van der Waals surface area contributed by atoms with Gasteiger partial charge in [0.05, 0.1) is 21.2 Å². The predicted molar refractivity (Wildman–Crippen MR) is 78.4 cm³/mol. The van der Waals surface area contributed by atoms with Crippen molar-refractivity contribution in [2.75, 3.05) is 5.43 Å². The molecule has 0 atom stereocenters. The first kappa shape index (κ1) is 14.3. The molecule has 0 fully saturated rings. The minimum Gasteiger partial charge on any atom is -0.323 e. The van der Waals surface area contributed by atoms with Crippen molar-refractivity contribution in [3.05, 3.63) is 33.2 Å². The molecule has 1 aromatic heterocycles. The molecular formula is C13H14Cl2FN3. The number of aromatic nitrogens is 1. The summed E-state index contributed by atoms with van der Waals surface area (Å²) in [4.78, 5) is 4.44. The highest BCUT2D eigenvalue weighted by atomic mass is 35.5. The van der Waals surface area contributed by atoms with Gasteiger partial charge in [0.1, 0.15) is 0 Å². The molecule has 1 heterocycles. The standard InChI is InChI=1S/C13H14Cl2FN3/c1-5(2)9-6(3)18-8-4-7(14)12(16)11(15)10(8)13(9)19-17/h4-5H,17H2,1-3H3,(H,18,19). The Labute approximate surface area is 120 Å². The molecule has 3 N–H and O–H groups in total. The highest BCUT2D eigenvalue weighted by molar-refractivity contribution is 6.39. The van der Waals surface area contributed by atoms with Crippen LogP contribution in [-0.2, 0) is 0 Å². The largest absolute Gasteiger partial charge is 0.323 e. The number of nitrogens with one attached hydrogen (secondary N) is 1. The molecule has 0 amide bonds. The number of halogens is 3. The average molecular weight is 302 g/mol. The van der Waals surface area contributed by atoms with Crippen LogP contribution in [0.15, 0.2) is 6.07 Å². The smallest absolute Gasteiger partial charge is 0.161 e. The van der Waals surface area contributed by atoms with E-state index in [4.69, 9.17) is 29.0 Å². The zero-order valence-corrected chi connectivity index (χ0v) is 12.3. The van der Waals surface area contributed by atoms with Crippen LogP contribution < -0.4 is 11.3 Å². The first-order valence-corrected chi connectivity index (χ1v) is 6.58. The van der Waals surface area contributed by atoms with Crippen molar-refractivity contribution in [2.24, 2.45) is 5.84 Å². The van der Waals surface area contributed by atoms with Crippen LogP contribution in [0.25, 0.3) is 10.9 Å². The van der Waals surface area contributed by atoms with Crippen molar-refractivity contribution < 1.29 is 4.39 Å². The lowest BCUT2D eigenvalue weighted by atomic mass is 9.97. The number of hydrogen-bond donors (Lipinski definition) is 2. The molecule has 0 saturated heterocycles. The number of anilines is 1. The van der Waals surface area contributed by atoms with E-state index >= 15 is 0 Å². The van der Waals surface area contributed by atoms with Gasteiger partial charge in [-0.2, -0.15) is 0 Å². The third-order valence-electron chi connectivity index (χ3n) is 3.06. The Balaban J connectivity index is 3.00. The number of nitrogens with two attached hydrogens (primary N) is 1. The fraction of sp³-hybridized carbons (Fsp3) is 0.308. The SMILES string of the molecule is Cc1nc2cc(Cl)c(F)c(Cl)c2c(NN)c1C(C)C. The van der Waals surface area contributed by atoms with Crippen LogP contribution in [0.2, 0.25) is 10.0 Å². The van der Waals surface area contributed by atoms with Gasteiger partial charge < -0.3 is 5.43 Å². The van der Waals surface area contributed by atoms with E-state index < -0.39 is 5.82 Å². The van der Waals surface area contributed by atoms with E-state index in [0.29, 0.717) is 16.6 Å². The second-order valence-corrected chi connectivity index (χ2v) is 5.45. The minimum atomic E-state index is -0.660. The highest BCUT2D eigenvalue weighted by Gasteiger charge is 2.20. The van der Waals surface area contributed by atoms with Gasteiger partial charge in [0.2, 0.25) is 0 Å². The van der Waals surface area contributed by atoms with Gasteiger partial charge >= 0.3 is 0 Å². The van der Waals surface area contributed by atoms with Gasteiger partial charge in [-0.15, -0.1) is 0 Å². The monoisotopic (exact) mass is 301 g/mol. The predicted octanol–water partition coefficient (Wildman–Crippen LogP) is 4.40. The summed E-state index contributed by atoms with van der Waals surface area (Å²) in [5.41, 5.74) is 5.46. The van der Waals surface area contributed by atoms with Gasteiger partial charge in [-0.05, 0) is 18.9 Å². The summed E-state index contributed by atoms with van der Waals surface area (Å²) in [6.45, 7) is 5.90. The molecule has 0 aliphatic heterocycles. The maximum atomic E-state index is 13.9. The molecule has 0 saturated carbocycles. The summed E-state index contributed by atoms with van der Waals surface area (Å²) >= 11 is 11.8. The Morgan fingerprint density at radius 3 is 2.53 bits per heavy atom. The zero-order chi connectivity index (χ0) is 14.3. The number of hydrogen-bond acceptors (Lipinski definition) is 3. The lowest BCUT2D eigenvalue weighted by molar-refractivity contribution is 0.630. The number of pyridine rings is 1. The van der Waals surface area contributed by atoms with E-state index in [1.807, 2.05) is 20.8 Å². The third kappa shape index (κ3) is 2.24. The number of fused-ring (bicyclic) bond motifs is 1. The second kappa shape index (κ2) is 5.12. The minimum absolute atomic E-state index is 0.0512. The van der Waals surface area contributed by atoms with Crippen LogP contribution in [-0.4, -0.2) is 4.98 Å². The van der Waals surface area contributed by atoms with E-state index in [2.05, 4.69) is 10.4 Å². The second-order valence-electron chi connectivity index (χ2n) is 4.67. The van der Waals surface area contributed by atoms with Gasteiger partial charge in [0.15, 0.2) is 5.82 Å². The summed E-state index contributed by atoms with van der Waals surface area (Å²) in [6, 6.07) is 1.45. The summed E-state index contributed by atoms with van der Waals surface area (Å²) < 4.78 is 13.9. The first-order valence-electron chi connectivity index (χ1n) is 5.82. The van der Waals surface area contributed by atoms with E-state index in [9.17, 15) is 4.39 Å². The number of benzene rings is 1. The van der Waals surface area contributed by atoms with Crippen molar-refractivity contribution in [1.82, 2.24) is 4.98 Å². The van der Waals surface area contributed by atoms with Gasteiger partial charge in [-0.25, -0.2) is 4.39 Å². The molecule has 0 spiro atoms. The molecule has 0 unspecified atom stereocenters. The van der Waals surface area contributed by atoms with E-state index in [-0.39, 0.29) is 16.0 Å². The number of hydrazine groups is 1. The van der Waals surface area contributed by atoms with Crippen LogP contribution in [0.3, 0.4) is 0 Å². The molecule has 6 heteroatoms. The molecule has 2 aromatic rings. The summed E-state index contributed by atoms with van der Waals surface area (Å²) in [5, 5.41) is 0.342. The molecule has 0 aliphatic rings. The molecule has 0 radical (unpaired) electrons. The molecule has 1 aromatic carbocycles. The van der Waals surface area contributed by atoms with Crippen molar-refractivity contribution in [1.29, 1.82) is 0 Å². The van der Waals surface area contributed by atoms with Crippen molar-refractivity contribution >= 4 is 39.8 Å². The van der Waals surface area contributed by atoms with Crippen LogP contribution in [0.5, 0.6) is 0 Å². The number of nitrogens with zero attached hydrogens (tertiary/aromatic N) is 1. The van der Waals surface area contributed by atoms with Crippen molar-refractivity contribution in [3.63, 3.8) is 0 Å². The normalized spacial score (nSPS) is 11.4. The van der Waals surface area contributed by atoms with Gasteiger partial charge in [0.25, 0.3) is 0 Å². The summed E-state index contributed by atoms with van der Waals surface area (Å²) in [6.07, 6.45) is 0. The molecule has 0 bridgehead atoms. The first-order chi connectivity index (χ1) is 8.88. The third-order valence-corrected chi connectivity index (χ3v) is 3.69. The van der Waals surface area contributed by atoms with Crippen molar-refractivity contribution in [2.45, 2.75) is 26.7 Å². The Morgan fingerprint density at radius 1 is 1.37 bits per heavy atom. The summed E-state index contributed by atoms with van der Waals surface area (Å²) in [7, 11) is 0. The number of nitrogen functional groups attached to an aromatic ring is 1. The van der Waals surface area contributed by atoms with E-state index in [1.54, 1.807) is 0 Å². The molecule has 2 rings (SSSR count). The van der Waals surface area contributed by atoms with Crippen LogP contribution in [0.1, 0.15) is 31.0 Å². The molecule has 19 heavy (non-hydrogen) atoms.